The zero-order valence-electron chi connectivity index (χ0n) is 81.1. The number of para-hydroxylation sites is 4. The minimum absolute atomic E-state index is 0.119. The summed E-state index contributed by atoms with van der Waals surface area (Å²) < 4.78 is 19.9. The van der Waals surface area contributed by atoms with Gasteiger partial charge in [0, 0.05) is 105 Å². The van der Waals surface area contributed by atoms with Crippen LogP contribution in [0.3, 0.4) is 0 Å². The molecule has 6 nitrogen and oxygen atoms in total. The van der Waals surface area contributed by atoms with Gasteiger partial charge < -0.3 is 28.0 Å². The molecule has 147 heavy (non-hydrogen) atoms. The lowest BCUT2D eigenvalue weighted by Crippen LogP contribution is -2.16. The quantitative estimate of drug-likeness (QED) is 0.0905. The minimum atomic E-state index is -0.119. The molecule has 24 aromatic carbocycles. The van der Waals surface area contributed by atoms with Crippen molar-refractivity contribution in [1.82, 2.24) is 0 Å². The molecule has 1 aliphatic rings. The van der Waals surface area contributed by atoms with Gasteiger partial charge in [0.1, 0.15) is 33.5 Å². The predicted molar refractivity (Wildman–Crippen MR) is 619 cm³/mol. The van der Waals surface area contributed by atoms with Crippen LogP contribution in [-0.4, -0.2) is 0 Å². The molecule has 28 rings (SSSR count). The third-order valence-corrected chi connectivity index (χ3v) is 29.3. The number of furan rings is 3. The average Bonchev–Trinajstić information content (AvgIpc) is 1.62. The molecular formula is C141H97N3O3. The largest absolute Gasteiger partial charge is 0.455 e. The summed E-state index contributed by atoms with van der Waals surface area (Å²) >= 11 is 0. The summed E-state index contributed by atoms with van der Waals surface area (Å²) in [5.74, 6) is 0. The average molecular weight is 1880 g/mol. The van der Waals surface area contributed by atoms with Crippen molar-refractivity contribution < 1.29 is 13.3 Å². The lowest BCUT2D eigenvalue weighted by Gasteiger charge is -2.29. The van der Waals surface area contributed by atoms with Gasteiger partial charge in [-0.1, -0.05) is 426 Å². The summed E-state index contributed by atoms with van der Waals surface area (Å²) in [4.78, 5) is 7.18. The van der Waals surface area contributed by atoms with Gasteiger partial charge in [-0.3, -0.25) is 0 Å². The first-order chi connectivity index (χ1) is 72.6. The van der Waals surface area contributed by atoms with E-state index >= 15 is 0 Å². The van der Waals surface area contributed by atoms with Crippen LogP contribution in [0.2, 0.25) is 0 Å². The van der Waals surface area contributed by atoms with Crippen LogP contribution in [0.15, 0.2) is 565 Å². The smallest absolute Gasteiger partial charge is 0.143 e. The highest BCUT2D eigenvalue weighted by Crippen LogP contribution is 2.55. The molecule has 3 aromatic heterocycles. The molecule has 694 valence electrons. The van der Waals surface area contributed by atoms with Crippen LogP contribution in [0.1, 0.15) is 25.0 Å². The van der Waals surface area contributed by atoms with Gasteiger partial charge in [-0.15, -0.1) is 0 Å². The molecule has 0 saturated heterocycles. The topological polar surface area (TPSA) is 49.1 Å². The Bertz CT molecular complexity index is 9630. The van der Waals surface area contributed by atoms with Gasteiger partial charge in [0.05, 0.1) is 5.69 Å². The summed E-state index contributed by atoms with van der Waals surface area (Å²) in [5, 5.41) is 13.9. The van der Waals surface area contributed by atoms with Crippen LogP contribution in [0, 0.1) is 0 Å². The summed E-state index contributed by atoms with van der Waals surface area (Å²) in [6, 6.07) is 198. The lowest BCUT2D eigenvalue weighted by molar-refractivity contribution is 0.660. The van der Waals surface area contributed by atoms with Crippen molar-refractivity contribution in [1.29, 1.82) is 0 Å². The van der Waals surface area contributed by atoms with Crippen molar-refractivity contribution in [2.45, 2.75) is 19.3 Å². The van der Waals surface area contributed by atoms with Gasteiger partial charge in [-0.2, -0.15) is 0 Å². The van der Waals surface area contributed by atoms with E-state index in [0.717, 1.165) is 156 Å². The first kappa shape index (κ1) is 88.1. The Balaban J connectivity index is 0.000000112. The zero-order chi connectivity index (χ0) is 97.8. The van der Waals surface area contributed by atoms with Gasteiger partial charge in [-0.25, -0.2) is 0 Å². The number of hydrogen-bond acceptors (Lipinski definition) is 6. The van der Waals surface area contributed by atoms with E-state index < -0.39 is 0 Å². The molecular weight excluding hydrogens is 1780 g/mol. The number of hydrogen-bond donors (Lipinski definition) is 0. The summed E-state index contributed by atoms with van der Waals surface area (Å²) in [6.07, 6.45) is 0. The first-order valence-corrected chi connectivity index (χ1v) is 50.4. The van der Waals surface area contributed by atoms with Crippen LogP contribution in [0.5, 0.6) is 0 Å². The molecule has 0 spiro atoms. The van der Waals surface area contributed by atoms with E-state index in [4.69, 9.17) is 13.3 Å². The van der Waals surface area contributed by atoms with E-state index in [1.807, 2.05) is 18.2 Å². The van der Waals surface area contributed by atoms with Gasteiger partial charge in [0.25, 0.3) is 0 Å². The minimum Gasteiger partial charge on any atom is -0.455 e. The van der Waals surface area contributed by atoms with Crippen LogP contribution in [0.25, 0.3) is 198 Å². The fourth-order valence-electron chi connectivity index (χ4n) is 22.0. The van der Waals surface area contributed by atoms with Crippen LogP contribution < -0.4 is 14.7 Å². The Hall–Kier alpha value is -19.1. The van der Waals surface area contributed by atoms with Crippen molar-refractivity contribution in [2.75, 3.05) is 14.7 Å². The van der Waals surface area contributed by atoms with Crippen LogP contribution >= 0.6 is 0 Å². The van der Waals surface area contributed by atoms with E-state index in [0.29, 0.717) is 0 Å². The summed E-state index contributed by atoms with van der Waals surface area (Å²) in [5.41, 5.74) is 38.8. The highest BCUT2D eigenvalue weighted by molar-refractivity contribution is 6.16. The van der Waals surface area contributed by atoms with Crippen molar-refractivity contribution >= 4 is 149 Å². The van der Waals surface area contributed by atoms with Gasteiger partial charge in [-0.05, 0) is 261 Å². The van der Waals surface area contributed by atoms with Gasteiger partial charge >= 0.3 is 0 Å². The maximum atomic E-state index is 6.67. The standard InChI is InChI=1S/C49H35NO.2C46H31NO/c1-49(2)45-18-10-8-16-40(45)41-27-26-38(31-46(41)49)50(37-24-22-34(23-25-37)32-12-4-3-5-13-32)39-29-43(36-21-20-33-14-6-7-15-35(33)28-36)48-44(30-39)42-17-9-11-19-47(42)51-48;1-3-13-32(14-4-1)34-25-27-38(28-26-34)47(44-21-11-9-19-40(44)35-16-5-2-6-17-35)39-30-42(37-24-23-33-15-7-8-18-36(33)29-37)46-43(31-39)41-20-10-12-22-45(41)48-46;1-3-12-32(13-4-1)35-24-26-39(27-25-35)47(40-19-11-18-37(29-40)33-14-5-2-6-15-33)41-30-43(38-23-22-34-16-7-8-17-36(34)28-38)46-44(31-41)42-20-9-10-21-45(42)48-46/h3-31H,1-2H3;2*1-31H. The molecule has 0 unspecified atom stereocenters. The third kappa shape index (κ3) is 16.6. The Morgan fingerprint density at radius 3 is 0.857 bits per heavy atom. The SMILES string of the molecule is CC1(C)c2ccccc2-c2ccc(N(c3ccc(-c4ccccc4)cc3)c3cc(-c4ccc5ccccc5c4)c4oc5ccccc5c4c3)cc21.c1ccc(-c2ccc(N(c3cc(-c4ccc5ccccc5c4)c4oc5ccccc5c4c3)c3ccccc3-c3ccccc3)cc2)cc1.c1ccc(-c2ccc(N(c3cccc(-c4ccccc4)c3)c3cc(-c4ccc5ccccc5c4)c4oc5ccccc5c4c3)cc2)cc1. The van der Waals surface area contributed by atoms with Crippen molar-refractivity contribution in [2.24, 2.45) is 0 Å². The number of nitrogens with zero attached hydrogens (tertiary/aromatic N) is 3. The van der Waals surface area contributed by atoms with Crippen molar-refractivity contribution in [3.8, 4) is 100 Å². The fraction of sp³-hybridized carbons (Fsp3) is 0.0213. The molecule has 3 heterocycles. The maximum absolute atomic E-state index is 6.67. The number of fused-ring (bicyclic) bond motifs is 15. The highest BCUT2D eigenvalue weighted by atomic mass is 16.3. The third-order valence-electron chi connectivity index (χ3n) is 29.3. The Morgan fingerprint density at radius 1 is 0.150 bits per heavy atom. The van der Waals surface area contributed by atoms with Crippen molar-refractivity contribution in [3.63, 3.8) is 0 Å². The molecule has 0 amide bonds. The predicted octanol–water partition coefficient (Wildman–Crippen LogP) is 40.3. The van der Waals surface area contributed by atoms with Gasteiger partial charge in [0.15, 0.2) is 0 Å². The first-order valence-electron chi connectivity index (χ1n) is 50.4. The summed E-state index contributed by atoms with van der Waals surface area (Å²) in [6.45, 7) is 4.70. The molecule has 0 radical (unpaired) electrons. The molecule has 0 aliphatic heterocycles. The molecule has 0 atom stereocenters. The molecule has 0 N–H and O–H groups in total. The van der Waals surface area contributed by atoms with Crippen LogP contribution in [0.4, 0.5) is 51.2 Å². The number of rotatable bonds is 17. The molecule has 0 fully saturated rings. The molecule has 6 heteroatoms. The number of benzene rings is 24. The second kappa shape index (κ2) is 37.7. The number of anilines is 9. The summed E-state index contributed by atoms with van der Waals surface area (Å²) in [7, 11) is 0. The lowest BCUT2D eigenvalue weighted by atomic mass is 9.82. The zero-order valence-corrected chi connectivity index (χ0v) is 81.1. The molecule has 27 aromatic rings. The fourth-order valence-corrected chi connectivity index (χ4v) is 22.0. The normalized spacial score (nSPS) is 11.9. The monoisotopic (exact) mass is 1880 g/mol. The second-order valence-electron chi connectivity index (χ2n) is 38.5. The maximum Gasteiger partial charge on any atom is 0.143 e. The van der Waals surface area contributed by atoms with E-state index in [2.05, 4.69) is 562 Å². The second-order valence-corrected chi connectivity index (χ2v) is 38.5. The Morgan fingerprint density at radius 2 is 0.442 bits per heavy atom. The van der Waals surface area contributed by atoms with E-state index in [-0.39, 0.29) is 5.41 Å². The van der Waals surface area contributed by atoms with E-state index in [1.54, 1.807) is 0 Å². The Labute approximate surface area is 853 Å². The molecule has 0 saturated carbocycles. The molecule has 0 bridgehead atoms. The van der Waals surface area contributed by atoms with E-state index in [1.165, 1.54) is 105 Å². The van der Waals surface area contributed by atoms with E-state index in [9.17, 15) is 0 Å². The molecule has 1 aliphatic carbocycles. The van der Waals surface area contributed by atoms with Gasteiger partial charge in [0.2, 0.25) is 0 Å². The highest BCUT2D eigenvalue weighted by Gasteiger charge is 2.37. The van der Waals surface area contributed by atoms with Crippen LogP contribution in [-0.2, 0) is 5.41 Å². The van der Waals surface area contributed by atoms with Crippen molar-refractivity contribution in [3.05, 3.63) is 563 Å². The Kier molecular flexibility index (Phi) is 22.6.